The summed E-state index contributed by atoms with van der Waals surface area (Å²) in [5, 5.41) is 8.56. The van der Waals surface area contributed by atoms with Crippen LogP contribution in [0.1, 0.15) is 5.56 Å². The maximum Gasteiger partial charge on any atom is 0.321 e. The molecular formula is C13H10N2O2. The summed E-state index contributed by atoms with van der Waals surface area (Å²) in [4.78, 5) is 7.90. The van der Waals surface area contributed by atoms with Crippen LogP contribution < -0.4 is 4.74 Å². The molecule has 0 saturated heterocycles. The molecule has 0 atom stereocenters. The zero-order valence-corrected chi connectivity index (χ0v) is 9.00. The lowest BCUT2D eigenvalue weighted by molar-refractivity contribution is 0.350. The summed E-state index contributed by atoms with van der Waals surface area (Å²) in [5.74, 6) is 6.02. The third-order valence-electron chi connectivity index (χ3n) is 1.92. The molecule has 0 unspecified atom stereocenters. The number of aromatic nitrogens is 2. The average molecular weight is 226 g/mol. The highest BCUT2D eigenvalue weighted by molar-refractivity contribution is 5.38. The Bertz CT molecular complexity index is 527. The Kier molecular flexibility index (Phi) is 3.68. The van der Waals surface area contributed by atoms with Crippen LogP contribution in [0.3, 0.4) is 0 Å². The van der Waals surface area contributed by atoms with Crippen LogP contribution in [-0.2, 0) is 0 Å². The van der Waals surface area contributed by atoms with Gasteiger partial charge in [-0.05, 0) is 30.3 Å². The molecule has 1 N–H and O–H groups in total. The number of hydrogen-bond donors (Lipinski definition) is 1. The Balaban J connectivity index is 2.08. The van der Waals surface area contributed by atoms with Crippen molar-refractivity contribution < 1.29 is 9.84 Å². The number of hydrogen-bond acceptors (Lipinski definition) is 4. The van der Waals surface area contributed by atoms with Crippen molar-refractivity contribution in [1.82, 2.24) is 9.97 Å². The third-order valence-corrected chi connectivity index (χ3v) is 1.92. The van der Waals surface area contributed by atoms with Crippen molar-refractivity contribution in [3.05, 3.63) is 48.3 Å². The molecular weight excluding hydrogens is 216 g/mol. The van der Waals surface area contributed by atoms with Gasteiger partial charge in [-0.2, -0.15) is 0 Å². The van der Waals surface area contributed by atoms with Gasteiger partial charge in [0.25, 0.3) is 0 Å². The van der Waals surface area contributed by atoms with Gasteiger partial charge in [-0.3, -0.25) is 0 Å². The SMILES string of the molecule is OCC#Cc1ccc(Oc2ncccn2)cc1. The largest absolute Gasteiger partial charge is 0.424 e. The molecule has 84 valence electrons. The number of ether oxygens (including phenoxy) is 1. The molecule has 17 heavy (non-hydrogen) atoms. The van der Waals surface area contributed by atoms with E-state index in [1.54, 1.807) is 42.7 Å². The first-order valence-electron chi connectivity index (χ1n) is 5.03. The summed E-state index contributed by atoms with van der Waals surface area (Å²) in [6.45, 7) is -0.143. The second-order valence-electron chi connectivity index (χ2n) is 3.12. The predicted octanol–water partition coefficient (Wildman–Crippen LogP) is 1.61. The Morgan fingerprint density at radius 2 is 1.82 bits per heavy atom. The maximum absolute atomic E-state index is 8.56. The van der Waals surface area contributed by atoms with Crippen LogP contribution in [0, 0.1) is 11.8 Å². The van der Waals surface area contributed by atoms with E-state index in [0.29, 0.717) is 11.8 Å². The first-order valence-corrected chi connectivity index (χ1v) is 5.03. The number of aliphatic hydroxyl groups excluding tert-OH is 1. The molecule has 2 rings (SSSR count). The van der Waals surface area contributed by atoms with E-state index in [1.165, 1.54) is 0 Å². The standard InChI is InChI=1S/C13H10N2O2/c16-10-1-3-11-4-6-12(7-5-11)17-13-14-8-2-9-15-13/h2,4-9,16H,10H2. The first-order chi connectivity index (χ1) is 8.38. The van der Waals surface area contributed by atoms with Crippen molar-refractivity contribution in [3.8, 4) is 23.6 Å². The first kappa shape index (κ1) is 11.1. The molecule has 0 saturated carbocycles. The van der Waals surface area contributed by atoms with Crippen molar-refractivity contribution in [2.45, 2.75) is 0 Å². The Morgan fingerprint density at radius 3 is 2.47 bits per heavy atom. The smallest absolute Gasteiger partial charge is 0.321 e. The van der Waals surface area contributed by atoms with Gasteiger partial charge in [-0.25, -0.2) is 9.97 Å². The predicted molar refractivity (Wildman–Crippen MR) is 62.5 cm³/mol. The van der Waals surface area contributed by atoms with Gasteiger partial charge in [0.2, 0.25) is 0 Å². The Morgan fingerprint density at radius 1 is 1.12 bits per heavy atom. The van der Waals surface area contributed by atoms with Crippen LogP contribution >= 0.6 is 0 Å². The molecule has 0 fully saturated rings. The number of benzene rings is 1. The minimum absolute atomic E-state index is 0.143. The minimum atomic E-state index is -0.143. The summed E-state index contributed by atoms with van der Waals surface area (Å²) in [7, 11) is 0. The minimum Gasteiger partial charge on any atom is -0.424 e. The fourth-order valence-electron chi connectivity index (χ4n) is 1.19. The molecule has 0 aliphatic carbocycles. The number of rotatable bonds is 2. The lowest BCUT2D eigenvalue weighted by atomic mass is 10.2. The lowest BCUT2D eigenvalue weighted by Crippen LogP contribution is -1.89. The third kappa shape index (κ3) is 3.30. The van der Waals surface area contributed by atoms with Gasteiger partial charge in [-0.1, -0.05) is 11.8 Å². The molecule has 0 spiro atoms. The monoisotopic (exact) mass is 226 g/mol. The van der Waals surface area contributed by atoms with E-state index in [1.807, 2.05) is 0 Å². The summed E-state index contributed by atoms with van der Waals surface area (Å²) < 4.78 is 5.42. The molecule has 1 aromatic carbocycles. The van der Waals surface area contributed by atoms with Crippen LogP contribution in [-0.4, -0.2) is 21.7 Å². The second kappa shape index (κ2) is 5.64. The number of nitrogens with zero attached hydrogens (tertiary/aromatic N) is 2. The highest BCUT2D eigenvalue weighted by Crippen LogP contribution is 2.17. The van der Waals surface area contributed by atoms with Crippen LogP contribution in [0.5, 0.6) is 11.8 Å². The zero-order chi connectivity index (χ0) is 11.9. The molecule has 0 amide bonds. The van der Waals surface area contributed by atoms with E-state index in [2.05, 4.69) is 21.8 Å². The van der Waals surface area contributed by atoms with E-state index in [9.17, 15) is 0 Å². The van der Waals surface area contributed by atoms with E-state index >= 15 is 0 Å². The number of aliphatic hydroxyl groups is 1. The van der Waals surface area contributed by atoms with Gasteiger partial charge in [0.05, 0.1) is 0 Å². The van der Waals surface area contributed by atoms with Gasteiger partial charge in [0.1, 0.15) is 12.4 Å². The summed E-state index contributed by atoms with van der Waals surface area (Å²) in [6.07, 6.45) is 3.23. The zero-order valence-electron chi connectivity index (χ0n) is 9.00. The highest BCUT2D eigenvalue weighted by Gasteiger charge is 1.98. The molecule has 2 aromatic rings. The topological polar surface area (TPSA) is 55.2 Å². The Hall–Kier alpha value is -2.38. The van der Waals surface area contributed by atoms with Crippen molar-refractivity contribution in [2.75, 3.05) is 6.61 Å². The molecule has 4 heteroatoms. The van der Waals surface area contributed by atoms with Crippen LogP contribution in [0.15, 0.2) is 42.7 Å². The van der Waals surface area contributed by atoms with E-state index in [0.717, 1.165) is 5.56 Å². The van der Waals surface area contributed by atoms with Crippen LogP contribution in [0.2, 0.25) is 0 Å². The van der Waals surface area contributed by atoms with Crippen LogP contribution in [0.4, 0.5) is 0 Å². The van der Waals surface area contributed by atoms with Gasteiger partial charge < -0.3 is 9.84 Å². The average Bonchev–Trinajstić information content (AvgIpc) is 2.39. The summed E-state index contributed by atoms with van der Waals surface area (Å²) >= 11 is 0. The lowest BCUT2D eigenvalue weighted by Gasteiger charge is -2.02. The summed E-state index contributed by atoms with van der Waals surface area (Å²) in [6, 6.07) is 9.19. The normalized spacial score (nSPS) is 9.24. The van der Waals surface area contributed by atoms with Gasteiger partial charge in [0, 0.05) is 18.0 Å². The molecule has 1 aromatic heterocycles. The molecule has 1 heterocycles. The maximum atomic E-state index is 8.56. The highest BCUT2D eigenvalue weighted by atomic mass is 16.5. The fourth-order valence-corrected chi connectivity index (χ4v) is 1.19. The molecule has 4 nitrogen and oxygen atoms in total. The van der Waals surface area contributed by atoms with Crippen molar-refractivity contribution in [2.24, 2.45) is 0 Å². The van der Waals surface area contributed by atoms with Gasteiger partial charge in [-0.15, -0.1) is 0 Å². The summed E-state index contributed by atoms with van der Waals surface area (Å²) in [5.41, 5.74) is 0.820. The molecule has 0 radical (unpaired) electrons. The van der Waals surface area contributed by atoms with E-state index < -0.39 is 0 Å². The van der Waals surface area contributed by atoms with Crippen molar-refractivity contribution in [3.63, 3.8) is 0 Å². The van der Waals surface area contributed by atoms with Crippen molar-refractivity contribution in [1.29, 1.82) is 0 Å². The second-order valence-corrected chi connectivity index (χ2v) is 3.12. The molecule has 0 bridgehead atoms. The van der Waals surface area contributed by atoms with Crippen molar-refractivity contribution >= 4 is 0 Å². The Labute approximate surface area is 98.9 Å². The van der Waals surface area contributed by atoms with E-state index in [-0.39, 0.29) is 6.61 Å². The van der Waals surface area contributed by atoms with Crippen LogP contribution in [0.25, 0.3) is 0 Å². The van der Waals surface area contributed by atoms with Gasteiger partial charge in [0.15, 0.2) is 0 Å². The molecule has 0 aliphatic rings. The van der Waals surface area contributed by atoms with E-state index in [4.69, 9.17) is 9.84 Å². The molecule has 0 aliphatic heterocycles. The fraction of sp³-hybridized carbons (Fsp3) is 0.0769. The van der Waals surface area contributed by atoms with Gasteiger partial charge >= 0.3 is 6.01 Å². The quantitative estimate of drug-likeness (QED) is 0.790.